The lowest BCUT2D eigenvalue weighted by atomic mass is 10.1. The van der Waals surface area contributed by atoms with Gasteiger partial charge in [-0.05, 0) is 45.4 Å². The number of amides is 1. The first kappa shape index (κ1) is 26.7. The number of esters is 2. The largest absolute Gasteiger partial charge is 0.466 e. The molecule has 1 aromatic carbocycles. The Morgan fingerprint density at radius 3 is 2.58 bits per heavy atom. The molecule has 0 bridgehead atoms. The van der Waals surface area contributed by atoms with Crippen LogP contribution in [0.25, 0.3) is 11.0 Å². The summed E-state index contributed by atoms with van der Waals surface area (Å²) in [5.41, 5.74) is 5.80. The van der Waals surface area contributed by atoms with E-state index in [1.807, 2.05) is 0 Å². The van der Waals surface area contributed by atoms with E-state index < -0.39 is 35.3 Å². The number of aromatic amines is 2. The van der Waals surface area contributed by atoms with Gasteiger partial charge < -0.3 is 25.5 Å². The lowest BCUT2D eigenvalue weighted by molar-refractivity contribution is -0.146. The molecule has 2 aromatic heterocycles. The molecule has 0 spiro atoms. The highest BCUT2D eigenvalue weighted by atomic mass is 32.2. The van der Waals surface area contributed by atoms with Gasteiger partial charge in [-0.1, -0.05) is 11.8 Å². The summed E-state index contributed by atoms with van der Waals surface area (Å²) < 4.78 is 24.7. The van der Waals surface area contributed by atoms with Crippen LogP contribution in [0.1, 0.15) is 42.7 Å². The van der Waals surface area contributed by atoms with Crippen LogP contribution >= 0.6 is 11.8 Å². The fourth-order valence-electron chi connectivity index (χ4n) is 3.43. The molecule has 13 heteroatoms. The van der Waals surface area contributed by atoms with Gasteiger partial charge in [0.05, 0.1) is 24.2 Å². The highest BCUT2D eigenvalue weighted by Gasteiger charge is 2.25. The fourth-order valence-corrected chi connectivity index (χ4v) is 4.46. The monoisotopic (exact) mass is 519 g/mol. The van der Waals surface area contributed by atoms with E-state index in [2.05, 4.69) is 20.3 Å². The predicted octanol–water partition coefficient (Wildman–Crippen LogP) is 2.44. The van der Waals surface area contributed by atoms with Gasteiger partial charge in [0, 0.05) is 21.9 Å². The molecule has 0 aliphatic rings. The third kappa shape index (κ3) is 6.22. The Kier molecular flexibility index (Phi) is 8.69. The van der Waals surface area contributed by atoms with E-state index in [-0.39, 0.29) is 43.0 Å². The van der Waals surface area contributed by atoms with Crippen LogP contribution in [-0.4, -0.2) is 52.1 Å². The molecule has 0 unspecified atom stereocenters. The topological polar surface area (TPSA) is 169 Å². The molecular weight excluding hydrogens is 493 g/mol. The zero-order chi connectivity index (χ0) is 26.4. The van der Waals surface area contributed by atoms with Gasteiger partial charge in [0.1, 0.15) is 17.5 Å². The van der Waals surface area contributed by atoms with Crippen LogP contribution in [0, 0.1) is 12.7 Å². The van der Waals surface area contributed by atoms with Crippen molar-refractivity contribution in [2.45, 2.75) is 49.4 Å². The summed E-state index contributed by atoms with van der Waals surface area (Å²) in [6, 6.07) is 2.77. The molecule has 0 saturated heterocycles. The third-order valence-electron chi connectivity index (χ3n) is 5.04. The summed E-state index contributed by atoms with van der Waals surface area (Å²) in [4.78, 5) is 59.5. The van der Waals surface area contributed by atoms with Crippen molar-refractivity contribution in [3.05, 3.63) is 45.6 Å². The summed E-state index contributed by atoms with van der Waals surface area (Å²) >= 11 is 1.12. The first-order chi connectivity index (χ1) is 17.1. The molecule has 5 N–H and O–H groups in total. The Morgan fingerprint density at radius 2 is 1.92 bits per heavy atom. The smallest absolute Gasteiger partial charge is 0.328 e. The fraction of sp³-hybridized carbons (Fsp3) is 0.348. The van der Waals surface area contributed by atoms with E-state index >= 15 is 0 Å². The van der Waals surface area contributed by atoms with Crippen molar-refractivity contribution < 1.29 is 28.2 Å². The number of aryl methyl sites for hydroxylation is 1. The summed E-state index contributed by atoms with van der Waals surface area (Å²) in [7, 11) is 0. The number of benzene rings is 1. The Balaban J connectivity index is 1.79. The summed E-state index contributed by atoms with van der Waals surface area (Å²) in [6.45, 7) is 5.25. The van der Waals surface area contributed by atoms with E-state index in [0.29, 0.717) is 21.1 Å². The van der Waals surface area contributed by atoms with Gasteiger partial charge in [0.25, 0.3) is 11.5 Å². The van der Waals surface area contributed by atoms with Crippen LogP contribution in [0.2, 0.25) is 0 Å². The van der Waals surface area contributed by atoms with Crippen LogP contribution in [0.3, 0.4) is 0 Å². The van der Waals surface area contributed by atoms with Crippen LogP contribution < -0.4 is 16.6 Å². The number of H-pyrrole nitrogens is 2. The molecule has 36 heavy (non-hydrogen) atoms. The first-order valence-corrected chi connectivity index (χ1v) is 11.9. The van der Waals surface area contributed by atoms with Gasteiger partial charge in [-0.2, -0.15) is 4.98 Å². The number of nitrogens with one attached hydrogen (secondary N) is 3. The molecule has 0 aliphatic carbocycles. The lowest BCUT2D eigenvalue weighted by Gasteiger charge is -2.17. The second kappa shape index (κ2) is 11.7. The van der Waals surface area contributed by atoms with Crippen molar-refractivity contribution >= 4 is 46.6 Å². The van der Waals surface area contributed by atoms with Crippen LogP contribution in [0.4, 0.5) is 10.3 Å². The molecule has 0 radical (unpaired) electrons. The maximum Gasteiger partial charge on any atom is 0.328 e. The standard InChI is InChI=1S/C23H26FN5O6S/c1-4-34-16(30)9-8-15(22(33)35-5-2)27-20(31)13-7-6-12(10-14(13)24)36-18-11(3)26-19-17(18)21(32)29-23(25)28-19/h6-7,10,15H,4-5,8-9H2,1-3H3,(H,27,31)(H4,25,26,28,29,32)/t15-/m0/s1. The number of hydrogen-bond donors (Lipinski definition) is 4. The zero-order valence-corrected chi connectivity index (χ0v) is 20.7. The number of nitrogen functional groups attached to an aromatic ring is 1. The molecule has 11 nitrogen and oxygen atoms in total. The van der Waals surface area contributed by atoms with E-state index in [0.717, 1.165) is 17.8 Å². The Labute approximate surface area is 209 Å². The molecule has 0 fully saturated rings. The number of fused-ring (bicyclic) bond motifs is 1. The minimum Gasteiger partial charge on any atom is -0.466 e. The zero-order valence-electron chi connectivity index (χ0n) is 19.9. The number of nitrogens with two attached hydrogens (primary N) is 1. The van der Waals surface area contributed by atoms with E-state index in [4.69, 9.17) is 15.2 Å². The molecule has 1 atom stereocenters. The van der Waals surface area contributed by atoms with E-state index in [1.54, 1.807) is 20.8 Å². The summed E-state index contributed by atoms with van der Waals surface area (Å²) in [6.07, 6.45) is -0.189. The summed E-state index contributed by atoms with van der Waals surface area (Å²) in [5, 5.41) is 2.71. The molecule has 1 amide bonds. The number of aromatic nitrogens is 3. The van der Waals surface area contributed by atoms with E-state index in [9.17, 15) is 23.6 Å². The van der Waals surface area contributed by atoms with Crippen molar-refractivity contribution in [1.29, 1.82) is 0 Å². The maximum absolute atomic E-state index is 14.9. The van der Waals surface area contributed by atoms with Crippen LogP contribution in [0.15, 0.2) is 32.8 Å². The third-order valence-corrected chi connectivity index (χ3v) is 6.24. The lowest BCUT2D eigenvalue weighted by Crippen LogP contribution is -2.42. The normalized spacial score (nSPS) is 11.8. The molecular formula is C23H26FN5O6S. The Hall–Kier alpha value is -3.87. The SMILES string of the molecule is CCOC(=O)CC[C@H](NC(=O)c1ccc(Sc2c(C)[nH]c3nc(N)[nH]c(=O)c23)cc1F)C(=O)OCC. The number of anilines is 1. The second-order valence-corrected chi connectivity index (χ2v) is 8.70. The predicted molar refractivity (Wildman–Crippen MR) is 130 cm³/mol. The second-order valence-electron chi connectivity index (χ2n) is 7.62. The van der Waals surface area contributed by atoms with Crippen molar-refractivity contribution in [2.75, 3.05) is 18.9 Å². The molecule has 0 saturated carbocycles. The summed E-state index contributed by atoms with van der Waals surface area (Å²) in [5.74, 6) is -2.98. The van der Waals surface area contributed by atoms with Crippen LogP contribution in [0.5, 0.6) is 0 Å². The number of halogens is 1. The minimum absolute atomic E-state index is 0.0323. The average Bonchev–Trinajstić information content (AvgIpc) is 3.11. The Morgan fingerprint density at radius 1 is 1.19 bits per heavy atom. The van der Waals surface area contributed by atoms with Crippen molar-refractivity contribution in [3.8, 4) is 0 Å². The van der Waals surface area contributed by atoms with E-state index in [1.165, 1.54) is 12.1 Å². The number of ether oxygens (including phenoxy) is 2. The molecule has 0 aliphatic heterocycles. The average molecular weight is 520 g/mol. The number of rotatable bonds is 10. The minimum atomic E-state index is -1.16. The van der Waals surface area contributed by atoms with Crippen molar-refractivity contribution in [2.24, 2.45) is 0 Å². The number of carbonyl (C=O) groups excluding carboxylic acids is 3. The maximum atomic E-state index is 14.9. The Bertz CT molecular complexity index is 1350. The number of hydrogen-bond acceptors (Lipinski definition) is 9. The molecule has 2 heterocycles. The quantitative estimate of drug-likeness (QED) is 0.294. The van der Waals surface area contributed by atoms with Gasteiger partial charge in [0.15, 0.2) is 0 Å². The molecule has 3 aromatic rings. The molecule has 3 rings (SSSR count). The van der Waals surface area contributed by atoms with Gasteiger partial charge in [0.2, 0.25) is 5.95 Å². The van der Waals surface area contributed by atoms with Crippen LogP contribution in [-0.2, 0) is 19.1 Å². The first-order valence-electron chi connectivity index (χ1n) is 11.1. The number of nitrogens with zero attached hydrogens (tertiary/aromatic N) is 1. The highest BCUT2D eigenvalue weighted by Crippen LogP contribution is 2.35. The number of carbonyl (C=O) groups is 3. The van der Waals surface area contributed by atoms with Crippen molar-refractivity contribution in [1.82, 2.24) is 20.3 Å². The van der Waals surface area contributed by atoms with Gasteiger partial charge in [-0.3, -0.25) is 19.4 Å². The molecule has 192 valence electrons. The van der Waals surface area contributed by atoms with Crippen molar-refractivity contribution in [3.63, 3.8) is 0 Å². The van der Waals surface area contributed by atoms with Gasteiger partial charge in [-0.15, -0.1) is 0 Å². The highest BCUT2D eigenvalue weighted by molar-refractivity contribution is 7.99. The van der Waals surface area contributed by atoms with Gasteiger partial charge in [-0.25, -0.2) is 9.18 Å². The van der Waals surface area contributed by atoms with Gasteiger partial charge >= 0.3 is 11.9 Å².